The Morgan fingerprint density at radius 2 is 2.08 bits per heavy atom. The van der Waals surface area contributed by atoms with Gasteiger partial charge in [-0.15, -0.1) is 0 Å². The van der Waals surface area contributed by atoms with Gasteiger partial charge in [0.1, 0.15) is 0 Å². The molecule has 1 aliphatic carbocycles. The molecule has 0 aromatic heterocycles. The van der Waals surface area contributed by atoms with Crippen molar-refractivity contribution < 1.29 is 5.11 Å². The second-order valence-electron chi connectivity index (χ2n) is 4.45. The van der Waals surface area contributed by atoms with E-state index in [1.165, 1.54) is 6.42 Å². The van der Waals surface area contributed by atoms with Gasteiger partial charge in [-0.25, -0.2) is 0 Å². The minimum absolute atomic E-state index is 0.430. The number of nitrogens with one attached hydrogen (secondary N) is 1. The highest BCUT2D eigenvalue weighted by molar-refractivity contribution is 4.88. The molecule has 2 heteroatoms. The Morgan fingerprint density at radius 1 is 1.42 bits per heavy atom. The molecule has 3 unspecified atom stereocenters. The highest BCUT2D eigenvalue weighted by Gasteiger charge is 2.34. The fourth-order valence-electron chi connectivity index (χ4n) is 2.17. The second-order valence-corrected chi connectivity index (χ2v) is 4.45. The van der Waals surface area contributed by atoms with E-state index in [-0.39, 0.29) is 0 Å². The van der Waals surface area contributed by atoms with Crippen molar-refractivity contribution in [2.45, 2.75) is 38.7 Å². The van der Waals surface area contributed by atoms with Gasteiger partial charge in [-0.2, -0.15) is 0 Å². The van der Waals surface area contributed by atoms with Crippen molar-refractivity contribution in [2.75, 3.05) is 13.6 Å². The first-order valence-corrected chi connectivity index (χ1v) is 4.94. The van der Waals surface area contributed by atoms with Gasteiger partial charge in [-0.1, -0.05) is 13.8 Å². The Bertz CT molecular complexity index is 149. The van der Waals surface area contributed by atoms with Crippen molar-refractivity contribution >= 4 is 0 Å². The van der Waals surface area contributed by atoms with E-state index in [9.17, 15) is 5.11 Å². The van der Waals surface area contributed by atoms with Crippen LogP contribution in [-0.4, -0.2) is 24.3 Å². The smallest absolute Gasteiger partial charge is 0.0774 e. The van der Waals surface area contributed by atoms with Crippen molar-refractivity contribution in [3.8, 4) is 0 Å². The van der Waals surface area contributed by atoms with Gasteiger partial charge in [0.25, 0.3) is 0 Å². The molecule has 0 saturated heterocycles. The lowest BCUT2D eigenvalue weighted by atomic mass is 9.73. The molecule has 3 atom stereocenters. The van der Waals surface area contributed by atoms with Crippen LogP contribution in [0.15, 0.2) is 0 Å². The lowest BCUT2D eigenvalue weighted by Gasteiger charge is -2.39. The lowest BCUT2D eigenvalue weighted by Crippen LogP contribution is -2.44. The van der Waals surface area contributed by atoms with Crippen LogP contribution in [0.3, 0.4) is 0 Å². The second kappa shape index (κ2) is 3.75. The molecule has 0 bridgehead atoms. The number of likely N-dealkylation sites (N-methyl/N-ethyl adjacent to an activating group) is 1. The number of hydrogen-bond donors (Lipinski definition) is 2. The molecule has 2 N–H and O–H groups in total. The Hall–Kier alpha value is -0.0800. The number of rotatable bonds is 2. The quantitative estimate of drug-likeness (QED) is 0.658. The third-order valence-electron chi connectivity index (χ3n) is 3.24. The van der Waals surface area contributed by atoms with Gasteiger partial charge in [0.05, 0.1) is 5.60 Å². The van der Waals surface area contributed by atoms with E-state index in [4.69, 9.17) is 0 Å². The molecule has 1 rings (SSSR count). The summed E-state index contributed by atoms with van der Waals surface area (Å²) in [5, 5.41) is 13.2. The summed E-state index contributed by atoms with van der Waals surface area (Å²) in [5.74, 6) is 1.44. The molecule has 0 radical (unpaired) electrons. The fraction of sp³-hybridized carbons (Fsp3) is 1.00. The van der Waals surface area contributed by atoms with Gasteiger partial charge in [-0.05, 0) is 38.1 Å². The van der Waals surface area contributed by atoms with Crippen LogP contribution < -0.4 is 5.32 Å². The molecule has 2 nitrogen and oxygen atoms in total. The minimum atomic E-state index is -0.430. The van der Waals surface area contributed by atoms with Crippen LogP contribution in [0.1, 0.15) is 33.1 Å². The highest BCUT2D eigenvalue weighted by Crippen LogP contribution is 2.35. The molecule has 0 aromatic carbocycles. The van der Waals surface area contributed by atoms with E-state index in [1.807, 2.05) is 7.05 Å². The topological polar surface area (TPSA) is 32.3 Å². The van der Waals surface area contributed by atoms with Gasteiger partial charge in [0.15, 0.2) is 0 Å². The van der Waals surface area contributed by atoms with Gasteiger partial charge in [0, 0.05) is 6.54 Å². The average Bonchev–Trinajstić information content (AvgIpc) is 1.98. The van der Waals surface area contributed by atoms with Crippen LogP contribution in [0.2, 0.25) is 0 Å². The van der Waals surface area contributed by atoms with Gasteiger partial charge < -0.3 is 10.4 Å². The predicted molar refractivity (Wildman–Crippen MR) is 51.1 cm³/mol. The molecular formula is C10H21NO. The van der Waals surface area contributed by atoms with Crippen LogP contribution in [0.5, 0.6) is 0 Å². The van der Waals surface area contributed by atoms with Crippen molar-refractivity contribution in [3.05, 3.63) is 0 Å². The maximum atomic E-state index is 10.1. The molecule has 0 heterocycles. The van der Waals surface area contributed by atoms with Gasteiger partial charge in [0.2, 0.25) is 0 Å². The van der Waals surface area contributed by atoms with Crippen LogP contribution in [0.25, 0.3) is 0 Å². The van der Waals surface area contributed by atoms with E-state index >= 15 is 0 Å². The fourth-order valence-corrected chi connectivity index (χ4v) is 2.17. The number of hydrogen-bond acceptors (Lipinski definition) is 2. The van der Waals surface area contributed by atoms with Gasteiger partial charge in [-0.3, -0.25) is 0 Å². The molecule has 1 saturated carbocycles. The normalized spacial score (nSPS) is 43.0. The maximum absolute atomic E-state index is 10.1. The van der Waals surface area contributed by atoms with Crippen LogP contribution in [-0.2, 0) is 0 Å². The Morgan fingerprint density at radius 3 is 2.58 bits per heavy atom. The summed E-state index contributed by atoms with van der Waals surface area (Å²) in [5.41, 5.74) is -0.430. The molecule has 0 aromatic rings. The molecule has 1 aliphatic rings. The Kier molecular flexibility index (Phi) is 3.13. The van der Waals surface area contributed by atoms with E-state index in [2.05, 4.69) is 19.2 Å². The first-order valence-electron chi connectivity index (χ1n) is 4.94. The first-order chi connectivity index (χ1) is 5.57. The summed E-state index contributed by atoms with van der Waals surface area (Å²) in [6, 6.07) is 0. The largest absolute Gasteiger partial charge is 0.389 e. The summed E-state index contributed by atoms with van der Waals surface area (Å²) in [6.45, 7) is 5.26. The zero-order valence-corrected chi connectivity index (χ0v) is 8.43. The zero-order chi connectivity index (χ0) is 9.19. The van der Waals surface area contributed by atoms with E-state index < -0.39 is 5.60 Å². The SMILES string of the molecule is CNCC1(O)CCC(C)C(C)C1. The number of aliphatic hydroxyl groups is 1. The third kappa shape index (κ3) is 2.20. The van der Waals surface area contributed by atoms with Crippen molar-refractivity contribution in [1.82, 2.24) is 5.32 Å². The Labute approximate surface area is 75.4 Å². The summed E-state index contributed by atoms with van der Waals surface area (Å²) in [6.07, 6.45) is 3.08. The third-order valence-corrected chi connectivity index (χ3v) is 3.24. The summed E-state index contributed by atoms with van der Waals surface area (Å²) in [4.78, 5) is 0. The van der Waals surface area contributed by atoms with Crippen LogP contribution in [0, 0.1) is 11.8 Å². The van der Waals surface area contributed by atoms with Crippen LogP contribution in [0.4, 0.5) is 0 Å². The summed E-state index contributed by atoms with van der Waals surface area (Å²) in [7, 11) is 1.90. The van der Waals surface area contributed by atoms with Crippen molar-refractivity contribution in [1.29, 1.82) is 0 Å². The molecule has 72 valence electrons. The predicted octanol–water partition coefficient (Wildman–Crippen LogP) is 1.39. The lowest BCUT2D eigenvalue weighted by molar-refractivity contribution is -0.0257. The van der Waals surface area contributed by atoms with E-state index in [1.54, 1.807) is 0 Å². The van der Waals surface area contributed by atoms with E-state index in [0.717, 1.165) is 25.3 Å². The van der Waals surface area contributed by atoms with Crippen LogP contribution >= 0.6 is 0 Å². The first kappa shape index (κ1) is 10.0. The Balaban J connectivity index is 2.48. The van der Waals surface area contributed by atoms with Gasteiger partial charge >= 0.3 is 0 Å². The molecule has 0 aliphatic heterocycles. The maximum Gasteiger partial charge on any atom is 0.0774 e. The van der Waals surface area contributed by atoms with Crippen molar-refractivity contribution in [2.24, 2.45) is 11.8 Å². The molecule has 0 spiro atoms. The average molecular weight is 171 g/mol. The van der Waals surface area contributed by atoms with E-state index in [0.29, 0.717) is 5.92 Å². The monoisotopic (exact) mass is 171 g/mol. The molecule has 1 fully saturated rings. The summed E-state index contributed by atoms with van der Waals surface area (Å²) < 4.78 is 0. The molecule has 12 heavy (non-hydrogen) atoms. The molecule has 0 amide bonds. The zero-order valence-electron chi connectivity index (χ0n) is 8.43. The standard InChI is InChI=1S/C10H21NO/c1-8-4-5-10(12,7-11-3)6-9(8)2/h8-9,11-12H,4-7H2,1-3H3. The highest BCUT2D eigenvalue weighted by atomic mass is 16.3. The summed E-state index contributed by atoms with van der Waals surface area (Å²) >= 11 is 0. The van der Waals surface area contributed by atoms with Crippen molar-refractivity contribution in [3.63, 3.8) is 0 Å². The molecular weight excluding hydrogens is 150 g/mol. The minimum Gasteiger partial charge on any atom is -0.389 e.